The van der Waals surface area contributed by atoms with Crippen LogP contribution in [0, 0.1) is 19.8 Å². The first-order valence-electron chi connectivity index (χ1n) is 17.2. The van der Waals surface area contributed by atoms with Crippen LogP contribution in [-0.4, -0.2) is 67.0 Å². The van der Waals surface area contributed by atoms with Crippen molar-refractivity contribution < 1.29 is 27.1 Å². The highest BCUT2D eigenvalue weighted by Crippen LogP contribution is 2.57. The molecule has 4 N–H and O–H groups in total. The molecule has 0 fully saturated rings. The van der Waals surface area contributed by atoms with Gasteiger partial charge in [-0.2, -0.15) is 17.5 Å². The number of aromatic amines is 1. The fraction of sp³-hybridized carbons (Fsp3) is 0.444. The van der Waals surface area contributed by atoms with Crippen LogP contribution >= 0.6 is 10.8 Å². The Morgan fingerprint density at radius 2 is 1.85 bits per heavy atom. The largest absolute Gasteiger partial charge is 0.416 e. The van der Waals surface area contributed by atoms with Crippen LogP contribution in [0.1, 0.15) is 84.8 Å². The van der Waals surface area contributed by atoms with Crippen LogP contribution in [0.25, 0.3) is 11.0 Å². The molecule has 3 aromatic carbocycles. The zero-order valence-electron chi connectivity index (χ0n) is 30.0. The molecule has 0 saturated heterocycles. The quantitative estimate of drug-likeness (QED) is 0.119. The van der Waals surface area contributed by atoms with E-state index in [0.717, 1.165) is 51.0 Å². The van der Waals surface area contributed by atoms with Crippen molar-refractivity contribution in [3.63, 3.8) is 0 Å². The standard InChI is InChI=1S/C36H44F3N9O3S/c1-7-23-15-24-11-12-27(36(37,38)39)17-30(24)52(50,51)47(19-23)20-26-16-25(10-9-21(26)3)33(35(5,6)40-32(49)18-31-41-44-45-42-31)28-13-14-29-34(22(28)4)43-46-48(29)8-2/h9-14,16-17,23,33,50-51H,7-8,15,18-20H2,1-6H3,(H,40,49)(H,41,42,44,45)/t23?,33-/m0/s1. The summed E-state index contributed by atoms with van der Waals surface area (Å²) in [6.45, 7) is 12.8. The summed E-state index contributed by atoms with van der Waals surface area (Å²) in [4.78, 5) is 13.3. The number of aryl methyl sites for hydroxylation is 3. The van der Waals surface area contributed by atoms with Gasteiger partial charge in [0.15, 0.2) is 5.82 Å². The van der Waals surface area contributed by atoms with Crippen molar-refractivity contribution >= 4 is 27.7 Å². The number of alkyl halides is 3. The van der Waals surface area contributed by atoms with E-state index in [2.05, 4.69) is 36.3 Å². The van der Waals surface area contributed by atoms with Crippen LogP contribution in [0.4, 0.5) is 13.2 Å². The molecule has 1 aliphatic heterocycles. The van der Waals surface area contributed by atoms with E-state index >= 15 is 0 Å². The lowest BCUT2D eigenvalue weighted by molar-refractivity contribution is -0.137. The average molecular weight is 740 g/mol. The molecule has 16 heteroatoms. The number of halogens is 3. The van der Waals surface area contributed by atoms with E-state index in [1.807, 2.05) is 76.6 Å². The first-order valence-corrected chi connectivity index (χ1v) is 18.7. The summed E-state index contributed by atoms with van der Waals surface area (Å²) < 4.78 is 68.3. The lowest BCUT2D eigenvalue weighted by atomic mass is 9.74. The van der Waals surface area contributed by atoms with Gasteiger partial charge in [0.25, 0.3) is 0 Å². The third-order valence-electron chi connectivity index (χ3n) is 10.1. The van der Waals surface area contributed by atoms with Crippen molar-refractivity contribution in [3.8, 4) is 0 Å². The normalized spacial score (nSPS) is 17.8. The Kier molecular flexibility index (Phi) is 10.2. The average Bonchev–Trinajstić information content (AvgIpc) is 3.73. The molecular formula is C36H44F3N9O3S. The Hall–Kier alpha value is -4.38. The molecule has 52 heavy (non-hydrogen) atoms. The number of nitrogens with zero attached hydrogens (tertiary/aromatic N) is 7. The molecule has 2 atom stereocenters. The predicted octanol–water partition coefficient (Wildman–Crippen LogP) is 6.98. The van der Waals surface area contributed by atoms with Gasteiger partial charge in [-0.3, -0.25) is 13.9 Å². The molecule has 6 rings (SSSR count). The first-order chi connectivity index (χ1) is 24.5. The third kappa shape index (κ3) is 7.29. The van der Waals surface area contributed by atoms with Gasteiger partial charge in [-0.25, -0.2) is 9.78 Å². The highest BCUT2D eigenvalue weighted by molar-refractivity contribution is 8.22. The SMILES string of the molecule is CCC1Cc2ccc(C(F)(F)F)cc2S(O)(O)N(Cc2cc([C@@H](c3ccc4c(nnn4CC)c3C)C(C)(C)NC(=O)Cc3nnn[nH]3)ccc2C)C1. The summed E-state index contributed by atoms with van der Waals surface area (Å²) in [5.74, 6) is -0.414. The maximum Gasteiger partial charge on any atom is 0.416 e. The summed E-state index contributed by atoms with van der Waals surface area (Å²) in [5, 5.41) is 25.6. The second-order valence-corrected chi connectivity index (χ2v) is 16.1. The van der Waals surface area contributed by atoms with E-state index in [9.17, 15) is 27.1 Å². The van der Waals surface area contributed by atoms with Crippen LogP contribution in [-0.2, 0) is 36.9 Å². The van der Waals surface area contributed by atoms with Crippen LogP contribution in [0.3, 0.4) is 0 Å². The number of aromatic nitrogens is 7. The molecule has 0 bridgehead atoms. The first kappa shape index (κ1) is 37.4. The van der Waals surface area contributed by atoms with E-state index in [1.54, 1.807) is 0 Å². The van der Waals surface area contributed by atoms with E-state index in [0.29, 0.717) is 30.8 Å². The number of H-pyrrole nitrogens is 1. The molecule has 0 radical (unpaired) electrons. The second kappa shape index (κ2) is 14.2. The molecule has 5 aromatic rings. The van der Waals surface area contributed by atoms with Gasteiger partial charge in [-0.05, 0) is 109 Å². The number of nitrogens with one attached hydrogen (secondary N) is 2. The molecule has 0 spiro atoms. The maximum atomic E-state index is 13.8. The molecule has 0 saturated carbocycles. The van der Waals surface area contributed by atoms with Crippen molar-refractivity contribution in [2.24, 2.45) is 5.92 Å². The monoisotopic (exact) mass is 739 g/mol. The smallest absolute Gasteiger partial charge is 0.350 e. The Morgan fingerprint density at radius 3 is 2.52 bits per heavy atom. The molecule has 278 valence electrons. The molecule has 3 heterocycles. The zero-order chi connectivity index (χ0) is 37.6. The minimum absolute atomic E-state index is 0.0139. The second-order valence-electron chi connectivity index (χ2n) is 14.1. The van der Waals surface area contributed by atoms with E-state index < -0.39 is 34.0 Å². The molecule has 1 aliphatic rings. The number of carbonyl (C=O) groups is 1. The van der Waals surface area contributed by atoms with Gasteiger partial charge in [0, 0.05) is 31.1 Å². The predicted molar refractivity (Wildman–Crippen MR) is 192 cm³/mol. The van der Waals surface area contributed by atoms with Crippen LogP contribution in [0.2, 0.25) is 0 Å². The topological polar surface area (TPSA) is 158 Å². The fourth-order valence-corrected chi connectivity index (χ4v) is 9.12. The molecule has 1 unspecified atom stereocenters. The minimum Gasteiger partial charge on any atom is -0.350 e. The van der Waals surface area contributed by atoms with Crippen molar-refractivity contribution in [1.29, 1.82) is 0 Å². The summed E-state index contributed by atoms with van der Waals surface area (Å²) in [7, 11) is -3.81. The highest BCUT2D eigenvalue weighted by atomic mass is 32.3. The fourth-order valence-electron chi connectivity index (χ4n) is 7.32. The summed E-state index contributed by atoms with van der Waals surface area (Å²) in [5.41, 5.74) is 4.64. The number of hydrogen-bond acceptors (Lipinski definition) is 9. The van der Waals surface area contributed by atoms with Gasteiger partial charge in [0.1, 0.15) is 5.52 Å². The maximum absolute atomic E-state index is 13.8. The number of benzene rings is 3. The van der Waals surface area contributed by atoms with Crippen molar-refractivity contribution in [3.05, 3.63) is 93.3 Å². The van der Waals surface area contributed by atoms with Gasteiger partial charge in [-0.15, -0.1) is 21.0 Å². The van der Waals surface area contributed by atoms with Gasteiger partial charge in [-0.1, -0.05) is 48.9 Å². The number of rotatable bonds is 10. The number of hydrogen-bond donors (Lipinski definition) is 4. The summed E-state index contributed by atoms with van der Waals surface area (Å²) in [6.07, 6.45) is -3.56. The van der Waals surface area contributed by atoms with Crippen molar-refractivity contribution in [2.45, 2.75) is 96.4 Å². The molecular weight excluding hydrogens is 696 g/mol. The van der Waals surface area contributed by atoms with Gasteiger partial charge < -0.3 is 5.32 Å². The molecule has 0 aliphatic carbocycles. The number of fused-ring (bicyclic) bond motifs is 2. The van der Waals surface area contributed by atoms with E-state index in [4.69, 9.17) is 0 Å². The van der Waals surface area contributed by atoms with Crippen LogP contribution in [0.15, 0.2) is 53.4 Å². The number of tetrazole rings is 1. The van der Waals surface area contributed by atoms with Crippen molar-refractivity contribution in [2.75, 3.05) is 6.54 Å². The third-order valence-corrected chi connectivity index (χ3v) is 12.1. The lowest BCUT2D eigenvalue weighted by Crippen LogP contribution is -2.49. The number of amides is 1. The summed E-state index contributed by atoms with van der Waals surface area (Å²) >= 11 is 0. The highest BCUT2D eigenvalue weighted by Gasteiger charge is 2.39. The Labute approximate surface area is 301 Å². The van der Waals surface area contributed by atoms with Crippen LogP contribution < -0.4 is 5.32 Å². The molecule has 1 amide bonds. The molecule has 2 aromatic heterocycles. The van der Waals surface area contributed by atoms with Gasteiger partial charge >= 0.3 is 6.18 Å². The van der Waals surface area contributed by atoms with E-state index in [1.165, 1.54) is 10.4 Å². The lowest BCUT2D eigenvalue weighted by Gasteiger charge is -2.43. The Morgan fingerprint density at radius 1 is 1.08 bits per heavy atom. The molecule has 12 nitrogen and oxygen atoms in total. The Balaban J connectivity index is 1.43. The summed E-state index contributed by atoms with van der Waals surface area (Å²) in [6, 6.07) is 13.2. The van der Waals surface area contributed by atoms with E-state index in [-0.39, 0.29) is 36.2 Å². The van der Waals surface area contributed by atoms with Crippen molar-refractivity contribution in [1.82, 2.24) is 45.2 Å². The van der Waals surface area contributed by atoms with Gasteiger partial charge in [0.05, 0.1) is 22.4 Å². The Bertz CT molecular complexity index is 2080. The van der Waals surface area contributed by atoms with Gasteiger partial charge in [0.2, 0.25) is 5.91 Å². The number of carbonyl (C=O) groups excluding carboxylic acids is 1. The minimum atomic E-state index is -4.63. The zero-order valence-corrected chi connectivity index (χ0v) is 30.8. The van der Waals surface area contributed by atoms with Crippen LogP contribution in [0.5, 0.6) is 0 Å².